The van der Waals surface area contributed by atoms with E-state index in [4.69, 9.17) is 28.2 Å². The normalized spacial score (nSPS) is 16.5. The van der Waals surface area contributed by atoms with Gasteiger partial charge in [0.1, 0.15) is 0 Å². The molecule has 0 saturated carbocycles. The minimum absolute atomic E-state index is 0.0289. The van der Waals surface area contributed by atoms with Crippen LogP contribution in [-0.4, -0.2) is 22.8 Å². The van der Waals surface area contributed by atoms with Gasteiger partial charge in [0.25, 0.3) is 5.91 Å². The highest BCUT2D eigenvalue weighted by Gasteiger charge is 2.33. The third-order valence-corrected chi connectivity index (χ3v) is 9.47. The van der Waals surface area contributed by atoms with Gasteiger partial charge in [-0.05, 0) is 90.1 Å². The van der Waals surface area contributed by atoms with E-state index in [1.165, 1.54) is 11.1 Å². The summed E-state index contributed by atoms with van der Waals surface area (Å²) in [4.78, 5) is 21.1. The molecule has 210 valence electrons. The summed E-state index contributed by atoms with van der Waals surface area (Å²) < 4.78 is 0.907. The van der Waals surface area contributed by atoms with Gasteiger partial charge in [-0.3, -0.25) is 4.79 Å². The molecule has 0 N–H and O–H groups in total. The molecule has 0 aliphatic heterocycles. The fraction of sp³-hybridized carbons (Fsp3) is 0.167. The van der Waals surface area contributed by atoms with Crippen molar-refractivity contribution < 1.29 is 4.79 Å². The first-order chi connectivity index (χ1) is 20.3. The second-order valence-electron chi connectivity index (χ2n) is 10.8. The molecule has 6 heteroatoms. The highest BCUT2D eigenvalue weighted by Crippen LogP contribution is 2.44. The van der Waals surface area contributed by atoms with Crippen LogP contribution in [0, 0.1) is 6.92 Å². The first-order valence-electron chi connectivity index (χ1n) is 13.9. The molecule has 1 aliphatic rings. The van der Waals surface area contributed by atoms with Crippen LogP contribution in [0.15, 0.2) is 95.5 Å². The number of fused-ring (bicyclic) bond motifs is 2. The monoisotopic (exact) mass is 654 g/mol. The summed E-state index contributed by atoms with van der Waals surface area (Å²) in [6.45, 7) is 2.09. The number of carbonyl (C=O) groups excluding carboxylic acids is 1. The number of carbonyl (C=O) groups is 1. The van der Waals surface area contributed by atoms with E-state index >= 15 is 0 Å². The summed E-state index contributed by atoms with van der Waals surface area (Å²) in [6.07, 6.45) is 5.76. The Morgan fingerprint density at radius 3 is 2.43 bits per heavy atom. The zero-order valence-electron chi connectivity index (χ0n) is 23.3. The quantitative estimate of drug-likeness (QED) is 0.189. The number of halogens is 3. The van der Waals surface area contributed by atoms with Gasteiger partial charge < -0.3 is 4.90 Å². The predicted molar refractivity (Wildman–Crippen MR) is 178 cm³/mol. The Bertz CT molecular complexity index is 1850. The molecule has 0 radical (unpaired) electrons. The highest BCUT2D eigenvalue weighted by molar-refractivity contribution is 9.10. The zero-order chi connectivity index (χ0) is 29.4. The Morgan fingerprint density at radius 1 is 0.881 bits per heavy atom. The van der Waals surface area contributed by atoms with Crippen molar-refractivity contribution in [3.05, 3.63) is 145 Å². The van der Waals surface area contributed by atoms with Crippen LogP contribution in [0.5, 0.6) is 0 Å². The first-order valence-corrected chi connectivity index (χ1v) is 15.5. The Balaban J connectivity index is 1.37. The molecular weight excluding hydrogens is 627 g/mol. The topological polar surface area (TPSA) is 33.2 Å². The minimum Gasteiger partial charge on any atom is -0.335 e. The molecule has 1 aromatic heterocycles. The number of amides is 1. The van der Waals surface area contributed by atoms with E-state index in [-0.39, 0.29) is 17.9 Å². The fourth-order valence-corrected chi connectivity index (χ4v) is 6.67. The molecule has 42 heavy (non-hydrogen) atoms. The molecule has 0 unspecified atom stereocenters. The van der Waals surface area contributed by atoms with Crippen LogP contribution in [-0.2, 0) is 0 Å². The number of aryl methyl sites for hydroxylation is 1. The van der Waals surface area contributed by atoms with Crippen molar-refractivity contribution in [3.63, 3.8) is 0 Å². The van der Waals surface area contributed by atoms with Crippen molar-refractivity contribution in [2.45, 2.75) is 31.7 Å². The number of aromatic nitrogens is 1. The smallest absolute Gasteiger partial charge is 0.254 e. The van der Waals surface area contributed by atoms with Crippen LogP contribution in [0.4, 0.5) is 0 Å². The summed E-state index contributed by atoms with van der Waals surface area (Å²) in [5, 5.41) is 1.94. The number of hydrogen-bond acceptors (Lipinski definition) is 2. The van der Waals surface area contributed by atoms with E-state index in [0.717, 1.165) is 50.6 Å². The molecule has 0 bridgehead atoms. The van der Waals surface area contributed by atoms with Crippen LogP contribution in [0.3, 0.4) is 0 Å². The van der Waals surface area contributed by atoms with Gasteiger partial charge in [-0.2, -0.15) is 0 Å². The van der Waals surface area contributed by atoms with Gasteiger partial charge in [0.15, 0.2) is 0 Å². The third-order valence-electron chi connectivity index (χ3n) is 8.24. The van der Waals surface area contributed by atoms with Crippen LogP contribution in [0.2, 0.25) is 10.0 Å². The first kappa shape index (κ1) is 28.7. The van der Waals surface area contributed by atoms with Gasteiger partial charge in [0.2, 0.25) is 0 Å². The lowest BCUT2D eigenvalue weighted by Crippen LogP contribution is -2.34. The molecule has 6 rings (SSSR count). The van der Waals surface area contributed by atoms with Gasteiger partial charge in [0, 0.05) is 22.8 Å². The van der Waals surface area contributed by atoms with Gasteiger partial charge in [-0.25, -0.2) is 4.98 Å². The number of nitrogens with zero attached hydrogens (tertiary/aromatic N) is 2. The molecule has 0 fully saturated rings. The summed E-state index contributed by atoms with van der Waals surface area (Å²) in [7, 11) is 1.91. The molecule has 1 aliphatic carbocycles. The second kappa shape index (κ2) is 12.0. The van der Waals surface area contributed by atoms with Crippen molar-refractivity contribution in [2.75, 3.05) is 7.05 Å². The Labute approximate surface area is 264 Å². The number of rotatable bonds is 5. The Kier molecular flexibility index (Phi) is 8.22. The number of hydrogen-bond donors (Lipinski definition) is 0. The standard InChI is InChI=1S/C36H29BrCl2N2O/c1-22-7-3-4-8-23(22)11-14-26-21-31(30-20-25(37)13-17-34(30)40-26)36(42)41(2)35-18-15-27(28-9-5-6-10-29(28)35)24-12-16-32(38)33(39)19-24/h3-14,16-17,19-21,27,35H,15,18H2,1-2H3/b14-11+/t27-,35-/m0/s1. The molecule has 0 saturated heterocycles. The molecule has 4 aromatic carbocycles. The third kappa shape index (κ3) is 5.64. The van der Waals surface area contributed by atoms with Crippen LogP contribution >= 0.6 is 39.1 Å². The maximum Gasteiger partial charge on any atom is 0.254 e. The lowest BCUT2D eigenvalue weighted by molar-refractivity contribution is 0.0714. The maximum absolute atomic E-state index is 14.3. The minimum atomic E-state index is -0.0611. The van der Waals surface area contributed by atoms with Crippen molar-refractivity contribution in [3.8, 4) is 0 Å². The lowest BCUT2D eigenvalue weighted by Gasteiger charge is -2.37. The average molecular weight is 656 g/mol. The Morgan fingerprint density at radius 2 is 1.64 bits per heavy atom. The fourth-order valence-electron chi connectivity index (χ4n) is 6.01. The van der Waals surface area contributed by atoms with Gasteiger partial charge in [-0.15, -0.1) is 0 Å². The van der Waals surface area contributed by atoms with Crippen LogP contribution in [0.25, 0.3) is 23.1 Å². The van der Waals surface area contributed by atoms with E-state index in [1.54, 1.807) is 0 Å². The van der Waals surface area contributed by atoms with Gasteiger partial charge in [0.05, 0.1) is 32.9 Å². The van der Waals surface area contributed by atoms with E-state index < -0.39 is 0 Å². The van der Waals surface area contributed by atoms with Gasteiger partial charge in [-0.1, -0.05) is 99.8 Å². The molecule has 5 aromatic rings. The van der Waals surface area contributed by atoms with Gasteiger partial charge >= 0.3 is 0 Å². The molecular formula is C36H29BrCl2N2O. The maximum atomic E-state index is 14.3. The number of pyridine rings is 1. The molecule has 1 amide bonds. The van der Waals surface area contributed by atoms with Crippen molar-refractivity contribution in [2.24, 2.45) is 0 Å². The second-order valence-corrected chi connectivity index (χ2v) is 12.5. The molecule has 3 nitrogen and oxygen atoms in total. The van der Waals surface area contributed by atoms with Crippen molar-refractivity contribution in [1.29, 1.82) is 0 Å². The molecule has 1 heterocycles. The zero-order valence-corrected chi connectivity index (χ0v) is 26.4. The van der Waals surface area contributed by atoms with Crippen molar-refractivity contribution >= 4 is 68.1 Å². The SMILES string of the molecule is Cc1ccccc1/C=C/c1cc(C(=O)N(C)[C@H]2CC[C@@H](c3ccc(Cl)c(Cl)c3)c3ccccc32)c2cc(Br)ccc2n1. The number of benzene rings is 4. The van der Waals surface area contributed by atoms with Crippen LogP contribution in [0.1, 0.15) is 68.7 Å². The Hall–Kier alpha value is -3.44. The van der Waals surface area contributed by atoms with E-state index in [9.17, 15) is 4.79 Å². The molecule has 2 atom stereocenters. The summed E-state index contributed by atoms with van der Waals surface area (Å²) in [6, 6.07) is 30.3. The summed E-state index contributed by atoms with van der Waals surface area (Å²) >= 11 is 16.2. The average Bonchev–Trinajstić information content (AvgIpc) is 3.00. The largest absolute Gasteiger partial charge is 0.335 e. The lowest BCUT2D eigenvalue weighted by atomic mass is 9.76. The molecule has 0 spiro atoms. The highest BCUT2D eigenvalue weighted by atomic mass is 79.9. The summed E-state index contributed by atoms with van der Waals surface area (Å²) in [5.74, 6) is 0.158. The van der Waals surface area contributed by atoms with Crippen LogP contribution < -0.4 is 0 Å². The van der Waals surface area contributed by atoms with E-state index in [2.05, 4.69) is 71.4 Å². The predicted octanol–water partition coefficient (Wildman–Crippen LogP) is 10.5. The van der Waals surface area contributed by atoms with E-state index in [1.807, 2.05) is 66.6 Å². The van der Waals surface area contributed by atoms with Crippen molar-refractivity contribution in [1.82, 2.24) is 9.88 Å². The summed E-state index contributed by atoms with van der Waals surface area (Å²) in [5.41, 5.74) is 7.99. The van der Waals surface area contributed by atoms with E-state index in [0.29, 0.717) is 15.6 Å².